The fraction of sp³-hybridized carbons (Fsp3) is 0.533. The Bertz CT molecular complexity index is 482. The number of halogens is 1. The molecule has 1 aliphatic heterocycles. The molecule has 2 rings (SSSR count). The molecular formula is C15H23ClN2O3. The summed E-state index contributed by atoms with van der Waals surface area (Å²) < 4.78 is 10.7. The third-order valence-corrected chi connectivity index (χ3v) is 3.44. The van der Waals surface area contributed by atoms with Crippen LogP contribution in [0.5, 0.6) is 11.5 Å². The number of carbonyl (C=O) groups is 1. The zero-order chi connectivity index (χ0) is 14.5. The fourth-order valence-corrected chi connectivity index (χ4v) is 2.31. The van der Waals surface area contributed by atoms with Gasteiger partial charge in [-0.3, -0.25) is 4.79 Å². The minimum absolute atomic E-state index is 0. The predicted octanol–water partition coefficient (Wildman–Crippen LogP) is 2.04. The number of hydrogen-bond donors (Lipinski definition) is 1. The lowest BCUT2D eigenvalue weighted by Crippen LogP contribution is -2.38. The Morgan fingerprint density at radius 3 is 2.76 bits per heavy atom. The van der Waals surface area contributed by atoms with Crippen LogP contribution in [0.25, 0.3) is 0 Å². The molecule has 0 saturated heterocycles. The lowest BCUT2D eigenvalue weighted by atomic mass is 10.1. The molecule has 5 nitrogen and oxygen atoms in total. The minimum atomic E-state index is -0.0195. The summed E-state index contributed by atoms with van der Waals surface area (Å²) in [6.45, 7) is 6.20. The van der Waals surface area contributed by atoms with E-state index in [2.05, 4.69) is 5.32 Å². The molecule has 1 aliphatic rings. The van der Waals surface area contributed by atoms with Crippen LogP contribution >= 0.6 is 12.4 Å². The van der Waals surface area contributed by atoms with E-state index < -0.39 is 0 Å². The standard InChI is InChI=1S/C15H22N2O3.ClH/c1-4-17(15(18)11(2)8-16-3)9-12-5-6-13-14(7-12)20-10-19-13;/h5-7,11,16H,4,8-10H2,1-3H3;1H. The average Bonchev–Trinajstić information content (AvgIpc) is 2.91. The van der Waals surface area contributed by atoms with Crippen molar-refractivity contribution in [1.29, 1.82) is 0 Å². The molecule has 0 bridgehead atoms. The van der Waals surface area contributed by atoms with Gasteiger partial charge in [0.05, 0.1) is 0 Å². The number of hydrogen-bond acceptors (Lipinski definition) is 4. The van der Waals surface area contributed by atoms with E-state index in [1.165, 1.54) is 0 Å². The summed E-state index contributed by atoms with van der Waals surface area (Å²) in [5.74, 6) is 1.68. The Hall–Kier alpha value is -1.46. The molecule has 0 aromatic heterocycles. The van der Waals surface area contributed by atoms with Crippen molar-refractivity contribution in [3.8, 4) is 11.5 Å². The molecule has 0 fully saturated rings. The normalized spacial score (nSPS) is 13.5. The number of carbonyl (C=O) groups excluding carboxylic acids is 1. The number of nitrogens with one attached hydrogen (secondary N) is 1. The molecule has 1 aromatic carbocycles. The maximum Gasteiger partial charge on any atom is 0.231 e. The van der Waals surface area contributed by atoms with Gasteiger partial charge in [-0.2, -0.15) is 0 Å². The van der Waals surface area contributed by atoms with Gasteiger partial charge < -0.3 is 19.7 Å². The van der Waals surface area contributed by atoms with E-state index in [-0.39, 0.29) is 31.0 Å². The van der Waals surface area contributed by atoms with Gasteiger partial charge in [0, 0.05) is 25.6 Å². The van der Waals surface area contributed by atoms with Crippen molar-refractivity contribution in [3.05, 3.63) is 23.8 Å². The number of amides is 1. The highest BCUT2D eigenvalue weighted by Crippen LogP contribution is 2.32. The Morgan fingerprint density at radius 2 is 2.10 bits per heavy atom. The summed E-state index contributed by atoms with van der Waals surface area (Å²) in [7, 11) is 1.86. The fourth-order valence-electron chi connectivity index (χ4n) is 2.31. The third-order valence-electron chi connectivity index (χ3n) is 3.44. The van der Waals surface area contributed by atoms with E-state index in [0.29, 0.717) is 19.6 Å². The van der Waals surface area contributed by atoms with Crippen molar-refractivity contribution in [1.82, 2.24) is 10.2 Å². The predicted molar refractivity (Wildman–Crippen MR) is 84.0 cm³/mol. The summed E-state index contributed by atoms with van der Waals surface area (Å²) in [5, 5.41) is 3.04. The Labute approximate surface area is 132 Å². The van der Waals surface area contributed by atoms with Crippen LogP contribution in [0.4, 0.5) is 0 Å². The van der Waals surface area contributed by atoms with Crippen molar-refractivity contribution in [2.75, 3.05) is 26.9 Å². The van der Waals surface area contributed by atoms with E-state index in [9.17, 15) is 4.79 Å². The van der Waals surface area contributed by atoms with E-state index in [0.717, 1.165) is 17.1 Å². The monoisotopic (exact) mass is 314 g/mol. The highest BCUT2D eigenvalue weighted by molar-refractivity contribution is 5.85. The lowest BCUT2D eigenvalue weighted by molar-refractivity contribution is -0.135. The summed E-state index contributed by atoms with van der Waals surface area (Å²) in [5.41, 5.74) is 1.06. The molecule has 0 saturated carbocycles. The maximum atomic E-state index is 12.3. The van der Waals surface area contributed by atoms with Crippen molar-refractivity contribution in [3.63, 3.8) is 0 Å². The zero-order valence-electron chi connectivity index (χ0n) is 12.7. The molecule has 0 spiro atoms. The van der Waals surface area contributed by atoms with Crippen molar-refractivity contribution in [2.45, 2.75) is 20.4 Å². The number of fused-ring (bicyclic) bond motifs is 1. The van der Waals surface area contributed by atoms with Gasteiger partial charge in [0.15, 0.2) is 11.5 Å². The van der Waals surface area contributed by atoms with Crippen LogP contribution < -0.4 is 14.8 Å². The summed E-state index contributed by atoms with van der Waals surface area (Å²) in [4.78, 5) is 14.2. The van der Waals surface area contributed by atoms with Gasteiger partial charge in [0.25, 0.3) is 0 Å². The molecule has 6 heteroatoms. The van der Waals surface area contributed by atoms with Gasteiger partial charge in [0.2, 0.25) is 12.7 Å². The molecule has 0 radical (unpaired) electrons. The van der Waals surface area contributed by atoms with E-state index >= 15 is 0 Å². The molecule has 1 atom stereocenters. The largest absolute Gasteiger partial charge is 0.454 e. The van der Waals surface area contributed by atoms with Crippen LogP contribution in [0.3, 0.4) is 0 Å². The molecule has 1 aromatic rings. The highest BCUT2D eigenvalue weighted by Gasteiger charge is 2.20. The van der Waals surface area contributed by atoms with Crippen LogP contribution in [0.15, 0.2) is 18.2 Å². The van der Waals surface area contributed by atoms with Crippen LogP contribution in [0.2, 0.25) is 0 Å². The zero-order valence-corrected chi connectivity index (χ0v) is 13.5. The second-order valence-corrected chi connectivity index (χ2v) is 5.00. The second kappa shape index (κ2) is 8.10. The lowest BCUT2D eigenvalue weighted by Gasteiger charge is -2.24. The average molecular weight is 315 g/mol. The first-order valence-corrected chi connectivity index (χ1v) is 6.97. The van der Waals surface area contributed by atoms with Gasteiger partial charge in [-0.1, -0.05) is 13.0 Å². The Balaban J connectivity index is 0.00000220. The van der Waals surface area contributed by atoms with Gasteiger partial charge in [0.1, 0.15) is 0 Å². The van der Waals surface area contributed by atoms with Crippen molar-refractivity contribution >= 4 is 18.3 Å². The maximum absolute atomic E-state index is 12.3. The van der Waals surface area contributed by atoms with E-state index in [1.807, 2.05) is 44.0 Å². The Kier molecular flexibility index (Phi) is 6.78. The van der Waals surface area contributed by atoms with Gasteiger partial charge in [-0.25, -0.2) is 0 Å². The first kappa shape index (κ1) is 17.6. The summed E-state index contributed by atoms with van der Waals surface area (Å²) in [6, 6.07) is 5.82. The van der Waals surface area contributed by atoms with Gasteiger partial charge >= 0.3 is 0 Å². The van der Waals surface area contributed by atoms with Gasteiger partial charge in [-0.05, 0) is 31.7 Å². The molecule has 0 aliphatic carbocycles. The summed E-state index contributed by atoms with van der Waals surface area (Å²) in [6.07, 6.45) is 0. The van der Waals surface area contributed by atoms with Crippen LogP contribution in [0, 0.1) is 5.92 Å². The number of benzene rings is 1. The summed E-state index contributed by atoms with van der Waals surface area (Å²) >= 11 is 0. The molecule has 1 heterocycles. The molecule has 1 unspecified atom stereocenters. The minimum Gasteiger partial charge on any atom is -0.454 e. The molecule has 21 heavy (non-hydrogen) atoms. The molecular weight excluding hydrogens is 292 g/mol. The second-order valence-electron chi connectivity index (χ2n) is 5.00. The topological polar surface area (TPSA) is 50.8 Å². The number of nitrogens with zero attached hydrogens (tertiary/aromatic N) is 1. The molecule has 118 valence electrons. The number of rotatable bonds is 6. The SMILES string of the molecule is CCN(Cc1ccc2c(c1)OCO2)C(=O)C(C)CNC.Cl. The van der Waals surface area contributed by atoms with E-state index in [4.69, 9.17) is 9.47 Å². The van der Waals surface area contributed by atoms with E-state index in [1.54, 1.807) is 0 Å². The molecule has 1 amide bonds. The van der Waals surface area contributed by atoms with Gasteiger partial charge in [-0.15, -0.1) is 12.4 Å². The first-order chi connectivity index (χ1) is 9.65. The first-order valence-electron chi connectivity index (χ1n) is 6.97. The smallest absolute Gasteiger partial charge is 0.231 e. The third kappa shape index (κ3) is 4.25. The highest BCUT2D eigenvalue weighted by atomic mass is 35.5. The van der Waals surface area contributed by atoms with Crippen molar-refractivity contribution < 1.29 is 14.3 Å². The van der Waals surface area contributed by atoms with Crippen molar-refractivity contribution in [2.24, 2.45) is 5.92 Å². The quantitative estimate of drug-likeness (QED) is 0.873. The molecule has 1 N–H and O–H groups in total. The number of ether oxygens (including phenoxy) is 2. The van der Waals surface area contributed by atoms with Crippen LogP contribution in [-0.2, 0) is 11.3 Å². The van der Waals surface area contributed by atoms with Crippen LogP contribution in [-0.4, -0.2) is 37.7 Å². The van der Waals surface area contributed by atoms with Crippen LogP contribution in [0.1, 0.15) is 19.4 Å². The Morgan fingerprint density at radius 1 is 1.38 bits per heavy atom.